The molecule has 1 N–H and O–H groups in total. The van der Waals surface area contributed by atoms with Crippen LogP contribution in [0.5, 0.6) is 5.75 Å². The topological polar surface area (TPSA) is 49.8 Å². The summed E-state index contributed by atoms with van der Waals surface area (Å²) in [6.45, 7) is 1.58. The van der Waals surface area contributed by atoms with Gasteiger partial charge in [-0.25, -0.2) is 0 Å². The highest BCUT2D eigenvalue weighted by atomic mass is 35.5. The van der Waals surface area contributed by atoms with Gasteiger partial charge < -0.3 is 14.7 Å². The summed E-state index contributed by atoms with van der Waals surface area (Å²) in [5, 5.41) is 9.66. The number of aromatic hydroxyl groups is 1. The van der Waals surface area contributed by atoms with E-state index in [1.165, 1.54) is 0 Å². The standard InChI is InChI=1S/C13H16ClNO3/c14-8-11-9-18-6-5-15(11)13(17)7-10-3-1-2-4-12(10)16/h1-4,11,16H,5-9H2. The van der Waals surface area contributed by atoms with E-state index in [9.17, 15) is 9.90 Å². The molecule has 1 saturated heterocycles. The van der Waals surface area contributed by atoms with Gasteiger partial charge in [-0.1, -0.05) is 18.2 Å². The highest BCUT2D eigenvalue weighted by molar-refractivity contribution is 6.18. The fraction of sp³-hybridized carbons (Fsp3) is 0.462. The van der Waals surface area contributed by atoms with Crippen LogP contribution in [0.3, 0.4) is 0 Å². The number of hydrogen-bond acceptors (Lipinski definition) is 3. The Bertz CT molecular complexity index is 424. The van der Waals surface area contributed by atoms with Gasteiger partial charge >= 0.3 is 0 Å². The summed E-state index contributed by atoms with van der Waals surface area (Å²) < 4.78 is 5.30. The first-order valence-corrected chi connectivity index (χ1v) is 6.46. The number of halogens is 1. The predicted molar refractivity (Wildman–Crippen MR) is 68.9 cm³/mol. The second-order valence-corrected chi connectivity index (χ2v) is 4.58. The molecule has 1 aromatic carbocycles. The van der Waals surface area contributed by atoms with Crippen LogP contribution >= 0.6 is 11.6 Å². The summed E-state index contributed by atoms with van der Waals surface area (Å²) >= 11 is 5.83. The van der Waals surface area contributed by atoms with Gasteiger partial charge in [0.2, 0.25) is 5.91 Å². The minimum Gasteiger partial charge on any atom is -0.508 e. The molecule has 0 bridgehead atoms. The third-order valence-corrected chi connectivity index (χ3v) is 3.42. The number of ether oxygens (including phenoxy) is 1. The van der Waals surface area contributed by atoms with Crippen LogP contribution in [-0.4, -0.2) is 47.6 Å². The Morgan fingerprint density at radius 2 is 2.28 bits per heavy atom. The first-order valence-electron chi connectivity index (χ1n) is 5.92. The first kappa shape index (κ1) is 13.2. The van der Waals surface area contributed by atoms with Crippen molar-refractivity contribution in [2.75, 3.05) is 25.6 Å². The Balaban J connectivity index is 2.05. The van der Waals surface area contributed by atoms with Crippen molar-refractivity contribution in [3.05, 3.63) is 29.8 Å². The van der Waals surface area contributed by atoms with Crippen LogP contribution in [0.2, 0.25) is 0 Å². The quantitative estimate of drug-likeness (QED) is 0.844. The predicted octanol–water partition coefficient (Wildman–Crippen LogP) is 1.40. The lowest BCUT2D eigenvalue weighted by atomic mass is 10.1. The van der Waals surface area contributed by atoms with Crippen molar-refractivity contribution in [3.8, 4) is 5.75 Å². The average molecular weight is 270 g/mol. The minimum absolute atomic E-state index is 0.0227. The van der Waals surface area contributed by atoms with E-state index < -0.39 is 0 Å². The number of benzene rings is 1. The van der Waals surface area contributed by atoms with E-state index in [1.807, 2.05) is 0 Å². The van der Waals surface area contributed by atoms with Crippen molar-refractivity contribution < 1.29 is 14.6 Å². The summed E-state index contributed by atoms with van der Waals surface area (Å²) in [5.74, 6) is 0.499. The molecule has 0 aromatic heterocycles. The van der Waals surface area contributed by atoms with Gasteiger partial charge in [-0.05, 0) is 6.07 Å². The molecule has 1 aliphatic heterocycles. The second-order valence-electron chi connectivity index (χ2n) is 4.28. The van der Waals surface area contributed by atoms with E-state index in [0.29, 0.717) is 31.2 Å². The Morgan fingerprint density at radius 3 is 3.00 bits per heavy atom. The van der Waals surface area contributed by atoms with Crippen molar-refractivity contribution in [1.82, 2.24) is 4.90 Å². The number of carbonyl (C=O) groups is 1. The molecule has 0 aliphatic carbocycles. The van der Waals surface area contributed by atoms with Crippen LogP contribution in [0.15, 0.2) is 24.3 Å². The molecule has 98 valence electrons. The molecule has 1 atom stereocenters. The molecule has 0 saturated carbocycles. The monoisotopic (exact) mass is 269 g/mol. The summed E-state index contributed by atoms with van der Waals surface area (Å²) in [4.78, 5) is 13.9. The molecule has 18 heavy (non-hydrogen) atoms. The molecule has 1 amide bonds. The highest BCUT2D eigenvalue weighted by Crippen LogP contribution is 2.18. The van der Waals surface area contributed by atoms with Crippen molar-refractivity contribution in [2.45, 2.75) is 12.5 Å². The summed E-state index contributed by atoms with van der Waals surface area (Å²) in [7, 11) is 0. The van der Waals surface area contributed by atoms with Gasteiger partial charge in [-0.2, -0.15) is 0 Å². The lowest BCUT2D eigenvalue weighted by molar-refractivity contribution is -0.138. The summed E-state index contributed by atoms with van der Waals surface area (Å²) in [6.07, 6.45) is 0.195. The number of alkyl halides is 1. The molecule has 1 aromatic rings. The van der Waals surface area contributed by atoms with Gasteiger partial charge in [0.25, 0.3) is 0 Å². The van der Waals surface area contributed by atoms with E-state index in [0.717, 1.165) is 0 Å². The number of nitrogens with zero attached hydrogens (tertiary/aromatic N) is 1. The van der Waals surface area contributed by atoms with E-state index in [-0.39, 0.29) is 24.1 Å². The van der Waals surface area contributed by atoms with Crippen molar-refractivity contribution in [1.29, 1.82) is 0 Å². The van der Waals surface area contributed by atoms with Crippen LogP contribution < -0.4 is 0 Å². The molecule has 1 fully saturated rings. The number of rotatable bonds is 3. The maximum atomic E-state index is 12.2. The van der Waals surface area contributed by atoms with E-state index >= 15 is 0 Å². The highest BCUT2D eigenvalue weighted by Gasteiger charge is 2.26. The number of phenolic OH excluding ortho intramolecular Hbond substituents is 1. The molecule has 1 heterocycles. The van der Waals surface area contributed by atoms with Crippen LogP contribution in [0.4, 0.5) is 0 Å². The number of morpholine rings is 1. The average Bonchev–Trinajstić information content (AvgIpc) is 2.41. The van der Waals surface area contributed by atoms with Gasteiger partial charge in [-0.15, -0.1) is 11.6 Å². The summed E-state index contributed by atoms with van der Waals surface area (Å²) in [5.41, 5.74) is 0.641. The molecule has 4 nitrogen and oxygen atoms in total. The van der Waals surface area contributed by atoms with Crippen LogP contribution in [0.1, 0.15) is 5.56 Å². The van der Waals surface area contributed by atoms with Gasteiger partial charge in [0, 0.05) is 18.0 Å². The zero-order chi connectivity index (χ0) is 13.0. The van der Waals surface area contributed by atoms with Crippen molar-refractivity contribution in [2.24, 2.45) is 0 Å². The fourth-order valence-electron chi connectivity index (χ4n) is 2.04. The lowest BCUT2D eigenvalue weighted by Crippen LogP contribution is -2.50. The number of amides is 1. The molecular formula is C13H16ClNO3. The molecule has 1 unspecified atom stereocenters. The molecular weight excluding hydrogens is 254 g/mol. The van der Waals surface area contributed by atoms with Gasteiger partial charge in [0.15, 0.2) is 0 Å². The Morgan fingerprint density at radius 1 is 1.50 bits per heavy atom. The van der Waals surface area contributed by atoms with Crippen LogP contribution in [0, 0.1) is 0 Å². The molecule has 0 spiro atoms. The van der Waals surface area contributed by atoms with Crippen LogP contribution in [-0.2, 0) is 16.0 Å². The van der Waals surface area contributed by atoms with E-state index in [2.05, 4.69) is 0 Å². The van der Waals surface area contributed by atoms with Gasteiger partial charge in [0.1, 0.15) is 5.75 Å². The number of carbonyl (C=O) groups excluding carboxylic acids is 1. The number of phenols is 1. The lowest BCUT2D eigenvalue weighted by Gasteiger charge is -2.34. The van der Waals surface area contributed by atoms with Gasteiger partial charge in [0.05, 0.1) is 25.7 Å². The smallest absolute Gasteiger partial charge is 0.227 e. The van der Waals surface area contributed by atoms with Crippen molar-refractivity contribution in [3.63, 3.8) is 0 Å². The number of para-hydroxylation sites is 1. The minimum atomic E-state index is -0.0706. The largest absolute Gasteiger partial charge is 0.508 e. The second kappa shape index (κ2) is 6.07. The Labute approximate surface area is 111 Å². The molecule has 5 heteroatoms. The molecule has 0 radical (unpaired) electrons. The maximum Gasteiger partial charge on any atom is 0.227 e. The maximum absolute atomic E-state index is 12.2. The van der Waals surface area contributed by atoms with Crippen LogP contribution in [0.25, 0.3) is 0 Å². The summed E-state index contributed by atoms with van der Waals surface area (Å²) in [6, 6.07) is 6.81. The van der Waals surface area contributed by atoms with E-state index in [1.54, 1.807) is 29.2 Å². The fourth-order valence-corrected chi connectivity index (χ4v) is 2.29. The zero-order valence-corrected chi connectivity index (χ0v) is 10.8. The van der Waals surface area contributed by atoms with Crippen molar-refractivity contribution >= 4 is 17.5 Å². The van der Waals surface area contributed by atoms with Gasteiger partial charge in [-0.3, -0.25) is 4.79 Å². The SMILES string of the molecule is O=C(Cc1ccccc1O)N1CCOCC1CCl. The first-order chi connectivity index (χ1) is 8.72. The Hall–Kier alpha value is -1.26. The zero-order valence-electron chi connectivity index (χ0n) is 10.0. The third kappa shape index (κ3) is 2.94. The third-order valence-electron chi connectivity index (χ3n) is 3.06. The molecule has 1 aliphatic rings. The Kier molecular flexibility index (Phi) is 4.44. The number of hydrogen-bond donors (Lipinski definition) is 1. The molecule has 2 rings (SSSR count). The van der Waals surface area contributed by atoms with E-state index in [4.69, 9.17) is 16.3 Å². The normalized spacial score (nSPS) is 19.8.